The van der Waals surface area contributed by atoms with Crippen molar-refractivity contribution in [2.45, 2.75) is 30.2 Å². The number of benzene rings is 1. The van der Waals surface area contributed by atoms with Crippen LogP contribution in [0, 0.1) is 22.7 Å². The van der Waals surface area contributed by atoms with Crippen LogP contribution in [0.2, 0.25) is 0 Å². The van der Waals surface area contributed by atoms with Gasteiger partial charge in [0.2, 0.25) is 0 Å². The third kappa shape index (κ3) is 6.27. The summed E-state index contributed by atoms with van der Waals surface area (Å²) in [6, 6.07) is 14.5. The van der Waals surface area contributed by atoms with E-state index in [2.05, 4.69) is 27.4 Å². The Bertz CT molecular complexity index is 1320. The molecule has 2 aromatic heterocycles. The first kappa shape index (κ1) is 25.5. The van der Waals surface area contributed by atoms with Gasteiger partial charge in [-0.05, 0) is 49.2 Å². The van der Waals surface area contributed by atoms with Gasteiger partial charge in [-0.25, -0.2) is 4.98 Å². The lowest BCUT2D eigenvalue weighted by Crippen LogP contribution is -2.27. The van der Waals surface area contributed by atoms with Crippen LogP contribution in [0.3, 0.4) is 0 Å². The van der Waals surface area contributed by atoms with Crippen molar-refractivity contribution in [3.63, 3.8) is 0 Å². The third-order valence-electron chi connectivity index (χ3n) is 4.81. The van der Waals surface area contributed by atoms with Gasteiger partial charge in [0.25, 0.3) is 5.91 Å². The highest BCUT2D eigenvalue weighted by atomic mass is 32.2. The molecule has 3 aromatic rings. The van der Waals surface area contributed by atoms with E-state index in [1.54, 1.807) is 56.4 Å². The molecular formula is C25H24N6O3S. The number of rotatable bonds is 8. The first-order valence-corrected chi connectivity index (χ1v) is 11.5. The maximum absolute atomic E-state index is 11.9. The molecule has 35 heavy (non-hydrogen) atoms. The largest absolute Gasteiger partial charge is 0.491 e. The van der Waals surface area contributed by atoms with E-state index in [0.717, 1.165) is 5.56 Å². The van der Waals surface area contributed by atoms with E-state index in [4.69, 9.17) is 10.5 Å². The fourth-order valence-corrected chi connectivity index (χ4v) is 4.07. The van der Waals surface area contributed by atoms with Crippen molar-refractivity contribution in [2.24, 2.45) is 0 Å². The molecule has 1 aromatic carbocycles. The summed E-state index contributed by atoms with van der Waals surface area (Å²) in [4.78, 5) is 20.2. The number of aromatic nitrogens is 2. The maximum atomic E-state index is 11.9. The molecule has 0 aliphatic rings. The number of nitrogens with two attached hydrogens (primary N) is 1. The number of hydrogen-bond donors (Lipinski definition) is 3. The number of thioether (sulfide) groups is 1. The van der Waals surface area contributed by atoms with Crippen LogP contribution in [0.4, 0.5) is 5.82 Å². The van der Waals surface area contributed by atoms with Crippen LogP contribution in [0.25, 0.3) is 11.1 Å². The highest BCUT2D eigenvalue weighted by Crippen LogP contribution is 2.37. The second-order valence-electron chi connectivity index (χ2n) is 8.19. The van der Waals surface area contributed by atoms with Crippen molar-refractivity contribution in [3.8, 4) is 29.0 Å². The van der Waals surface area contributed by atoms with Gasteiger partial charge in [-0.2, -0.15) is 10.5 Å². The number of nitrogens with zero attached hydrogens (tertiary/aromatic N) is 4. The normalized spacial score (nSPS) is 10.8. The molecular weight excluding hydrogens is 464 g/mol. The second-order valence-corrected chi connectivity index (χ2v) is 9.16. The van der Waals surface area contributed by atoms with E-state index < -0.39 is 5.60 Å². The topological polar surface area (TPSA) is 158 Å². The maximum Gasteiger partial charge on any atom is 0.269 e. The highest BCUT2D eigenvalue weighted by molar-refractivity contribution is 7.98. The van der Waals surface area contributed by atoms with E-state index in [1.165, 1.54) is 18.8 Å². The van der Waals surface area contributed by atoms with E-state index in [1.807, 2.05) is 0 Å². The van der Waals surface area contributed by atoms with Gasteiger partial charge in [-0.1, -0.05) is 12.1 Å². The fourth-order valence-electron chi connectivity index (χ4n) is 3.14. The summed E-state index contributed by atoms with van der Waals surface area (Å²) < 4.78 is 5.59. The van der Waals surface area contributed by atoms with Crippen LogP contribution in [-0.4, -0.2) is 40.2 Å². The zero-order chi connectivity index (χ0) is 25.6. The van der Waals surface area contributed by atoms with Gasteiger partial charge in [0.15, 0.2) is 0 Å². The smallest absolute Gasteiger partial charge is 0.269 e. The van der Waals surface area contributed by atoms with Crippen LogP contribution in [0.5, 0.6) is 5.75 Å². The van der Waals surface area contributed by atoms with Crippen molar-refractivity contribution < 1.29 is 14.6 Å². The molecule has 10 heteroatoms. The molecule has 0 fully saturated rings. The number of hydrogen-bond acceptors (Lipinski definition) is 9. The number of anilines is 1. The van der Waals surface area contributed by atoms with Gasteiger partial charge in [0, 0.05) is 24.6 Å². The molecule has 178 valence electrons. The van der Waals surface area contributed by atoms with Crippen LogP contribution >= 0.6 is 11.8 Å². The molecule has 0 radical (unpaired) electrons. The lowest BCUT2D eigenvalue weighted by atomic mass is 9.97. The van der Waals surface area contributed by atoms with E-state index >= 15 is 0 Å². The minimum atomic E-state index is -0.984. The average molecular weight is 489 g/mol. The molecule has 9 nitrogen and oxygen atoms in total. The quantitative estimate of drug-likeness (QED) is 0.405. The molecule has 0 bridgehead atoms. The van der Waals surface area contributed by atoms with Crippen molar-refractivity contribution in [3.05, 3.63) is 65.0 Å². The van der Waals surface area contributed by atoms with Crippen LogP contribution in [0.15, 0.2) is 47.6 Å². The zero-order valence-corrected chi connectivity index (χ0v) is 20.3. The number of amides is 1. The van der Waals surface area contributed by atoms with E-state index in [0.29, 0.717) is 27.7 Å². The Hall–Kier alpha value is -4.12. The SMILES string of the molecule is CNC(=O)c1cc(CSc2nc(N)c(C#N)c(-c3ccc(OCC(C)(C)O)cc3)c2C#N)ccn1. The number of nitrogen functional groups attached to an aromatic ring is 1. The summed E-state index contributed by atoms with van der Waals surface area (Å²) in [6.45, 7) is 3.40. The molecule has 0 aliphatic carbocycles. The first-order valence-electron chi connectivity index (χ1n) is 10.6. The number of nitrogens with one attached hydrogen (secondary N) is 1. The van der Waals surface area contributed by atoms with Gasteiger partial charge in [0.05, 0.1) is 11.2 Å². The first-order chi connectivity index (χ1) is 16.7. The Morgan fingerprint density at radius 1 is 1.20 bits per heavy atom. The molecule has 4 N–H and O–H groups in total. The molecule has 1 amide bonds. The number of carbonyl (C=O) groups is 1. The minimum absolute atomic E-state index is 0.0205. The van der Waals surface area contributed by atoms with E-state index in [9.17, 15) is 20.4 Å². The Kier molecular flexibility index (Phi) is 7.92. The molecule has 0 spiro atoms. The lowest BCUT2D eigenvalue weighted by molar-refractivity contribution is 0.0285. The molecule has 0 atom stereocenters. The summed E-state index contributed by atoms with van der Waals surface area (Å²) >= 11 is 1.27. The average Bonchev–Trinajstić information content (AvgIpc) is 2.85. The van der Waals surface area contributed by atoms with Crippen LogP contribution in [-0.2, 0) is 5.75 Å². The zero-order valence-electron chi connectivity index (χ0n) is 19.5. The number of carbonyl (C=O) groups excluding carboxylic acids is 1. The molecule has 0 unspecified atom stereocenters. The van der Waals surface area contributed by atoms with Gasteiger partial charge in [0.1, 0.15) is 46.6 Å². The predicted molar refractivity (Wildman–Crippen MR) is 132 cm³/mol. The molecule has 0 saturated carbocycles. The summed E-state index contributed by atoms with van der Waals surface area (Å²) in [5.74, 6) is 0.664. The number of pyridine rings is 2. The van der Waals surface area contributed by atoms with Gasteiger partial charge in [-0.15, -0.1) is 11.8 Å². The molecule has 0 saturated heterocycles. The fraction of sp³-hybridized carbons (Fsp3) is 0.240. The molecule has 2 heterocycles. The monoisotopic (exact) mass is 488 g/mol. The van der Waals surface area contributed by atoms with Gasteiger partial charge < -0.3 is 20.9 Å². The Balaban J connectivity index is 1.95. The summed E-state index contributed by atoms with van der Waals surface area (Å²) in [5, 5.41) is 32.5. The second kappa shape index (κ2) is 10.9. The Morgan fingerprint density at radius 2 is 1.89 bits per heavy atom. The van der Waals surface area contributed by atoms with Crippen molar-refractivity contribution in [1.82, 2.24) is 15.3 Å². The number of ether oxygens (including phenoxy) is 1. The Labute approximate surface area is 207 Å². The minimum Gasteiger partial charge on any atom is -0.491 e. The molecule has 0 aliphatic heterocycles. The van der Waals surface area contributed by atoms with Crippen molar-refractivity contribution in [1.29, 1.82) is 10.5 Å². The number of aliphatic hydroxyl groups is 1. The predicted octanol–water partition coefficient (Wildman–Crippen LogP) is 3.27. The summed E-state index contributed by atoms with van der Waals surface area (Å²) in [7, 11) is 1.53. The van der Waals surface area contributed by atoms with Gasteiger partial charge in [-0.3, -0.25) is 9.78 Å². The summed E-state index contributed by atoms with van der Waals surface area (Å²) in [5.41, 5.74) is 7.55. The molecule has 3 rings (SSSR count). The van der Waals surface area contributed by atoms with Gasteiger partial charge >= 0.3 is 0 Å². The highest BCUT2D eigenvalue weighted by Gasteiger charge is 2.21. The Morgan fingerprint density at radius 3 is 2.49 bits per heavy atom. The third-order valence-corrected chi connectivity index (χ3v) is 5.86. The lowest BCUT2D eigenvalue weighted by Gasteiger charge is -2.18. The van der Waals surface area contributed by atoms with Crippen LogP contribution in [0.1, 0.15) is 41.0 Å². The van der Waals surface area contributed by atoms with Crippen molar-refractivity contribution >= 4 is 23.5 Å². The van der Waals surface area contributed by atoms with Crippen LogP contribution < -0.4 is 15.8 Å². The van der Waals surface area contributed by atoms with E-state index in [-0.39, 0.29) is 35.2 Å². The summed E-state index contributed by atoms with van der Waals surface area (Å²) in [6.07, 6.45) is 1.54. The van der Waals surface area contributed by atoms with Crippen molar-refractivity contribution in [2.75, 3.05) is 19.4 Å². The standard InChI is InChI=1S/C25H24N6O3S/c1-25(2,33)14-34-17-6-4-16(5-7-17)21-18(11-26)22(28)31-24(19(21)12-27)35-13-15-8-9-30-20(10-15)23(32)29-3/h4-10,33H,13-14H2,1-3H3,(H2,28,31)(H,29,32). The number of nitriles is 2.